The summed E-state index contributed by atoms with van der Waals surface area (Å²) in [5.74, 6) is 0.783. The molecule has 8 heteroatoms. The Morgan fingerprint density at radius 2 is 2.03 bits per heavy atom. The summed E-state index contributed by atoms with van der Waals surface area (Å²) < 4.78 is 5.65. The number of nitrogens with one attached hydrogen (secondary N) is 1. The fourth-order valence-corrected chi connectivity index (χ4v) is 4.10. The van der Waals surface area contributed by atoms with Gasteiger partial charge in [0.1, 0.15) is 5.60 Å². The van der Waals surface area contributed by atoms with Crippen LogP contribution in [0.4, 0.5) is 22.0 Å². The molecule has 1 atom stereocenters. The highest BCUT2D eigenvalue weighted by molar-refractivity contribution is 7.98. The molecule has 0 saturated heterocycles. The lowest BCUT2D eigenvalue weighted by Crippen LogP contribution is -2.51. The molecule has 162 valence electrons. The van der Waals surface area contributed by atoms with E-state index in [0.29, 0.717) is 6.54 Å². The Hall–Kier alpha value is -2.48. The molecule has 0 saturated carbocycles. The molecule has 1 aromatic heterocycles. The number of carbonyl (C=O) groups excluding carboxylic acids is 1. The zero-order valence-electron chi connectivity index (χ0n) is 18.8. The average molecular weight is 430 g/mol. The van der Waals surface area contributed by atoms with Crippen LogP contribution in [0.1, 0.15) is 39.7 Å². The monoisotopic (exact) mass is 429 g/mol. The number of para-hydroxylation sites is 1. The highest BCUT2D eigenvalue weighted by Crippen LogP contribution is 2.44. The van der Waals surface area contributed by atoms with Crippen molar-refractivity contribution >= 4 is 35.0 Å². The molecule has 0 bridgehead atoms. The van der Waals surface area contributed by atoms with Crippen LogP contribution < -0.4 is 15.1 Å². The standard InChI is InChI=1S/C22H31N5O2S/c1-21(2,3)29-20(28)27-13-12-22(4,15-10-8-9-11-16(15)27)26(6)17-14-24-19(30-7)25-18(17)23-5/h8-11,14H,12-13H2,1-7H3,(H,23,24,25). The molecule has 1 amide bonds. The number of hydrogen-bond acceptors (Lipinski definition) is 7. The predicted molar refractivity (Wildman–Crippen MR) is 124 cm³/mol. The summed E-state index contributed by atoms with van der Waals surface area (Å²) in [7, 11) is 3.92. The van der Waals surface area contributed by atoms with E-state index < -0.39 is 5.60 Å². The van der Waals surface area contributed by atoms with Gasteiger partial charge in [0.05, 0.1) is 23.1 Å². The Kier molecular flexibility index (Phi) is 6.17. The second kappa shape index (κ2) is 8.34. The fourth-order valence-electron chi connectivity index (χ4n) is 3.76. The van der Waals surface area contributed by atoms with Gasteiger partial charge in [0.2, 0.25) is 0 Å². The Labute approximate surface area is 183 Å². The molecule has 0 radical (unpaired) electrons. The zero-order chi connectivity index (χ0) is 22.1. The molecule has 2 heterocycles. The average Bonchev–Trinajstić information content (AvgIpc) is 2.71. The van der Waals surface area contributed by atoms with Gasteiger partial charge in [-0.15, -0.1) is 0 Å². The fraction of sp³-hybridized carbons (Fsp3) is 0.500. The van der Waals surface area contributed by atoms with Crippen molar-refractivity contribution in [2.45, 2.75) is 50.4 Å². The van der Waals surface area contributed by atoms with Crippen molar-refractivity contribution < 1.29 is 9.53 Å². The first kappa shape index (κ1) is 22.2. The number of hydrogen-bond donors (Lipinski definition) is 1. The lowest BCUT2D eigenvalue weighted by atomic mass is 9.82. The zero-order valence-corrected chi connectivity index (χ0v) is 19.6. The van der Waals surface area contributed by atoms with Gasteiger partial charge in [0, 0.05) is 26.2 Å². The summed E-state index contributed by atoms with van der Waals surface area (Å²) in [6, 6.07) is 8.03. The van der Waals surface area contributed by atoms with E-state index in [1.807, 2.05) is 58.5 Å². The van der Waals surface area contributed by atoms with Gasteiger partial charge in [-0.1, -0.05) is 30.0 Å². The number of carbonyl (C=O) groups is 1. The summed E-state index contributed by atoms with van der Waals surface area (Å²) in [5, 5.41) is 3.92. The maximum atomic E-state index is 12.9. The lowest BCUT2D eigenvalue weighted by molar-refractivity contribution is 0.0573. The number of fused-ring (bicyclic) bond motifs is 1. The largest absolute Gasteiger partial charge is 0.443 e. The number of ether oxygens (including phenoxy) is 1. The van der Waals surface area contributed by atoms with E-state index in [0.717, 1.165) is 34.3 Å². The first-order valence-corrected chi connectivity index (χ1v) is 11.3. The van der Waals surface area contributed by atoms with Crippen molar-refractivity contribution in [2.75, 3.05) is 42.0 Å². The number of nitrogens with zero attached hydrogens (tertiary/aromatic N) is 4. The van der Waals surface area contributed by atoms with E-state index in [1.54, 1.807) is 4.90 Å². The highest BCUT2D eigenvalue weighted by atomic mass is 32.2. The quantitative estimate of drug-likeness (QED) is 0.556. The van der Waals surface area contributed by atoms with Gasteiger partial charge < -0.3 is 15.0 Å². The molecule has 0 aliphatic carbocycles. The van der Waals surface area contributed by atoms with Crippen LogP contribution in [0.15, 0.2) is 35.6 Å². The second-order valence-corrected chi connectivity index (χ2v) is 9.35. The van der Waals surface area contributed by atoms with E-state index in [9.17, 15) is 4.79 Å². The van der Waals surface area contributed by atoms with Crippen LogP contribution in [0.25, 0.3) is 0 Å². The number of amides is 1. The third-order valence-corrected chi connectivity index (χ3v) is 6.04. The van der Waals surface area contributed by atoms with Gasteiger partial charge in [-0.2, -0.15) is 0 Å². The molecule has 7 nitrogen and oxygen atoms in total. The van der Waals surface area contributed by atoms with Crippen molar-refractivity contribution in [3.8, 4) is 0 Å². The third-order valence-electron chi connectivity index (χ3n) is 5.48. The van der Waals surface area contributed by atoms with Crippen molar-refractivity contribution in [2.24, 2.45) is 0 Å². The van der Waals surface area contributed by atoms with Crippen molar-refractivity contribution in [3.63, 3.8) is 0 Å². The number of rotatable bonds is 4. The summed E-state index contributed by atoms with van der Waals surface area (Å²) in [4.78, 5) is 25.9. The maximum Gasteiger partial charge on any atom is 0.414 e. The molecule has 30 heavy (non-hydrogen) atoms. The first-order valence-electron chi connectivity index (χ1n) is 10.0. The van der Waals surface area contributed by atoms with Gasteiger partial charge >= 0.3 is 6.09 Å². The number of aromatic nitrogens is 2. The van der Waals surface area contributed by atoms with E-state index in [-0.39, 0.29) is 11.6 Å². The van der Waals surface area contributed by atoms with E-state index in [4.69, 9.17) is 4.74 Å². The van der Waals surface area contributed by atoms with Gasteiger partial charge in [-0.3, -0.25) is 4.90 Å². The SMILES string of the molecule is CNc1nc(SC)ncc1N(C)C1(C)CCN(C(=O)OC(C)(C)C)c2ccccc21. The summed E-state index contributed by atoms with van der Waals surface area (Å²) >= 11 is 1.51. The molecule has 1 aromatic carbocycles. The second-order valence-electron chi connectivity index (χ2n) is 8.57. The highest BCUT2D eigenvalue weighted by Gasteiger charge is 2.41. The molecule has 2 aromatic rings. The molecular weight excluding hydrogens is 398 g/mol. The molecule has 0 fully saturated rings. The van der Waals surface area contributed by atoms with Crippen LogP contribution in [-0.2, 0) is 10.3 Å². The van der Waals surface area contributed by atoms with Crippen LogP contribution in [0.2, 0.25) is 0 Å². The smallest absolute Gasteiger partial charge is 0.414 e. The van der Waals surface area contributed by atoms with Gasteiger partial charge in [-0.05, 0) is 46.4 Å². The van der Waals surface area contributed by atoms with Crippen molar-refractivity contribution in [3.05, 3.63) is 36.0 Å². The van der Waals surface area contributed by atoms with E-state index in [2.05, 4.69) is 40.2 Å². The Morgan fingerprint density at radius 3 is 2.67 bits per heavy atom. The van der Waals surface area contributed by atoms with Gasteiger partial charge in [0.15, 0.2) is 11.0 Å². The van der Waals surface area contributed by atoms with Gasteiger partial charge in [-0.25, -0.2) is 14.8 Å². The molecular formula is C22H31N5O2S. The maximum absolute atomic E-state index is 12.9. The Bertz CT molecular complexity index is 930. The molecule has 1 unspecified atom stereocenters. The molecule has 3 rings (SSSR count). The molecule has 1 aliphatic rings. The summed E-state index contributed by atoms with van der Waals surface area (Å²) in [6.07, 6.45) is 4.25. The number of thioether (sulfide) groups is 1. The lowest BCUT2D eigenvalue weighted by Gasteiger charge is -2.47. The van der Waals surface area contributed by atoms with Crippen LogP contribution in [0.3, 0.4) is 0 Å². The van der Waals surface area contributed by atoms with Crippen LogP contribution >= 0.6 is 11.8 Å². The van der Waals surface area contributed by atoms with Crippen LogP contribution in [0.5, 0.6) is 0 Å². The molecule has 1 aliphatic heterocycles. The third kappa shape index (κ3) is 4.19. The predicted octanol–water partition coefficient (Wildman–Crippen LogP) is 4.74. The Morgan fingerprint density at radius 1 is 1.33 bits per heavy atom. The van der Waals surface area contributed by atoms with E-state index >= 15 is 0 Å². The minimum atomic E-state index is -0.540. The normalized spacial score (nSPS) is 18.6. The minimum absolute atomic E-state index is 0.316. The van der Waals surface area contributed by atoms with Crippen LogP contribution in [0, 0.1) is 0 Å². The summed E-state index contributed by atoms with van der Waals surface area (Å²) in [5.41, 5.74) is 1.98. The first-order chi connectivity index (χ1) is 14.1. The minimum Gasteiger partial charge on any atom is -0.443 e. The molecule has 1 N–H and O–H groups in total. The van der Waals surface area contributed by atoms with Crippen molar-refractivity contribution in [1.82, 2.24) is 9.97 Å². The van der Waals surface area contributed by atoms with Crippen LogP contribution in [-0.4, -0.2) is 48.6 Å². The van der Waals surface area contributed by atoms with Crippen molar-refractivity contribution in [1.29, 1.82) is 0 Å². The number of benzene rings is 1. The topological polar surface area (TPSA) is 70.6 Å². The summed E-state index contributed by atoms with van der Waals surface area (Å²) in [6.45, 7) is 8.41. The molecule has 0 spiro atoms. The number of anilines is 3. The van der Waals surface area contributed by atoms with E-state index in [1.165, 1.54) is 11.8 Å². The Balaban J connectivity index is 2.01. The van der Waals surface area contributed by atoms with Gasteiger partial charge in [0.25, 0.3) is 0 Å².